The summed E-state index contributed by atoms with van der Waals surface area (Å²) in [5.74, 6) is 0.977. The Kier molecular flexibility index (Phi) is 3.06. The molecule has 4 nitrogen and oxygen atoms in total. The molecule has 2 rings (SSSR count). The molecule has 0 aromatic carbocycles. The Balaban J connectivity index is 2.46. The fourth-order valence-electron chi connectivity index (χ4n) is 2.01. The first-order chi connectivity index (χ1) is 7.33. The monoisotopic (exact) mass is 207 g/mol. The zero-order chi connectivity index (χ0) is 10.7. The molecule has 0 fully saturated rings. The molecule has 82 valence electrons. The molecule has 4 heteroatoms. The van der Waals surface area contributed by atoms with Crippen LogP contribution in [0, 0.1) is 0 Å². The number of nitrogens with one attached hydrogen (secondary N) is 1. The smallest absolute Gasteiger partial charge is 0.252 e. The van der Waals surface area contributed by atoms with Gasteiger partial charge in [-0.15, -0.1) is 0 Å². The number of aromatic nitrogens is 1. The molecule has 3 N–H and O–H groups in total. The predicted molar refractivity (Wildman–Crippen MR) is 61.2 cm³/mol. The van der Waals surface area contributed by atoms with Crippen LogP contribution in [0.4, 0.5) is 5.82 Å². The van der Waals surface area contributed by atoms with Crippen molar-refractivity contribution in [2.45, 2.75) is 25.8 Å². The number of anilines is 1. The molecule has 0 bridgehead atoms. The molecular formula is C11H17N3O. The molecule has 0 spiro atoms. The summed E-state index contributed by atoms with van der Waals surface area (Å²) < 4.78 is 1.83. The van der Waals surface area contributed by atoms with Gasteiger partial charge in [-0.1, -0.05) is 0 Å². The second kappa shape index (κ2) is 4.49. The summed E-state index contributed by atoms with van der Waals surface area (Å²) >= 11 is 0. The van der Waals surface area contributed by atoms with Crippen molar-refractivity contribution in [1.29, 1.82) is 0 Å². The summed E-state index contributed by atoms with van der Waals surface area (Å²) in [5.41, 5.74) is 6.79. The number of fused-ring (bicyclic) bond motifs is 1. The minimum absolute atomic E-state index is 0.0835. The lowest BCUT2D eigenvalue weighted by Crippen LogP contribution is -2.23. The number of pyridine rings is 1. The Hall–Kier alpha value is -1.29. The van der Waals surface area contributed by atoms with Gasteiger partial charge >= 0.3 is 0 Å². The zero-order valence-electron chi connectivity index (χ0n) is 8.83. The van der Waals surface area contributed by atoms with Crippen LogP contribution in [0.2, 0.25) is 0 Å². The van der Waals surface area contributed by atoms with Gasteiger partial charge in [0.05, 0.1) is 0 Å². The van der Waals surface area contributed by atoms with Crippen molar-refractivity contribution in [1.82, 2.24) is 4.57 Å². The average Bonchev–Trinajstić information content (AvgIpc) is 2.48. The first-order valence-electron chi connectivity index (χ1n) is 5.49. The minimum atomic E-state index is 0.0835. The normalized spacial score (nSPS) is 15.3. The summed E-state index contributed by atoms with van der Waals surface area (Å²) in [5, 5.41) is 3.33. The number of hydrogen-bond acceptors (Lipinski definition) is 3. The highest BCUT2D eigenvalue weighted by Crippen LogP contribution is 2.17. The molecular weight excluding hydrogens is 190 g/mol. The molecule has 0 amide bonds. The molecule has 1 aliphatic rings. The largest absolute Gasteiger partial charge is 0.371 e. The Morgan fingerprint density at radius 1 is 1.40 bits per heavy atom. The fourth-order valence-corrected chi connectivity index (χ4v) is 2.01. The summed E-state index contributed by atoms with van der Waals surface area (Å²) in [7, 11) is 0. The van der Waals surface area contributed by atoms with Gasteiger partial charge in [0.15, 0.2) is 0 Å². The van der Waals surface area contributed by atoms with Crippen molar-refractivity contribution < 1.29 is 0 Å². The summed E-state index contributed by atoms with van der Waals surface area (Å²) in [6, 6.07) is 3.53. The number of nitrogens with two attached hydrogens (primary N) is 1. The second-order valence-electron chi connectivity index (χ2n) is 3.87. The van der Waals surface area contributed by atoms with E-state index in [1.165, 1.54) is 0 Å². The third kappa shape index (κ3) is 2.04. The van der Waals surface area contributed by atoms with Gasteiger partial charge in [-0.25, -0.2) is 0 Å². The molecule has 15 heavy (non-hydrogen) atoms. The molecule has 0 saturated carbocycles. The van der Waals surface area contributed by atoms with E-state index in [0.29, 0.717) is 6.54 Å². The van der Waals surface area contributed by atoms with Crippen LogP contribution in [-0.4, -0.2) is 17.7 Å². The van der Waals surface area contributed by atoms with Gasteiger partial charge in [-0.3, -0.25) is 9.36 Å². The van der Waals surface area contributed by atoms with Gasteiger partial charge in [0, 0.05) is 19.2 Å². The number of rotatable bonds is 2. The molecule has 0 saturated heterocycles. The molecule has 1 aromatic rings. The highest BCUT2D eigenvalue weighted by Gasteiger charge is 2.11. The van der Waals surface area contributed by atoms with Gasteiger partial charge < -0.3 is 11.1 Å². The Morgan fingerprint density at radius 2 is 2.27 bits per heavy atom. The first-order valence-corrected chi connectivity index (χ1v) is 5.49. The molecule has 0 aliphatic carbocycles. The maximum Gasteiger partial charge on any atom is 0.252 e. The lowest BCUT2D eigenvalue weighted by Gasteiger charge is -2.14. The van der Waals surface area contributed by atoms with Crippen molar-refractivity contribution in [2.75, 3.05) is 18.4 Å². The van der Waals surface area contributed by atoms with Crippen LogP contribution in [0.15, 0.2) is 16.9 Å². The van der Waals surface area contributed by atoms with E-state index in [1.807, 2.05) is 10.6 Å². The Labute approximate surface area is 89.1 Å². The summed E-state index contributed by atoms with van der Waals surface area (Å²) in [4.78, 5) is 11.7. The zero-order valence-corrected chi connectivity index (χ0v) is 8.83. The van der Waals surface area contributed by atoms with Gasteiger partial charge in [0.1, 0.15) is 5.82 Å². The highest BCUT2D eigenvalue weighted by atomic mass is 16.1. The lowest BCUT2D eigenvalue weighted by atomic mass is 10.2. The molecule has 0 atom stereocenters. The molecule has 1 aliphatic heterocycles. The van der Waals surface area contributed by atoms with E-state index in [0.717, 1.165) is 43.7 Å². The van der Waals surface area contributed by atoms with Gasteiger partial charge in [-0.05, 0) is 37.4 Å². The third-order valence-electron chi connectivity index (χ3n) is 2.78. The average molecular weight is 207 g/mol. The van der Waals surface area contributed by atoms with Crippen LogP contribution >= 0.6 is 0 Å². The van der Waals surface area contributed by atoms with Gasteiger partial charge in [-0.2, -0.15) is 0 Å². The Morgan fingerprint density at radius 3 is 3.07 bits per heavy atom. The van der Waals surface area contributed by atoms with Crippen LogP contribution in [0.3, 0.4) is 0 Å². The van der Waals surface area contributed by atoms with Gasteiger partial charge in [0.25, 0.3) is 5.56 Å². The quantitative estimate of drug-likeness (QED) is 0.744. The molecule has 0 radical (unpaired) electrons. The van der Waals surface area contributed by atoms with Crippen molar-refractivity contribution in [3.8, 4) is 0 Å². The molecule has 0 unspecified atom stereocenters. The maximum atomic E-state index is 11.7. The lowest BCUT2D eigenvalue weighted by molar-refractivity contribution is 0.635. The van der Waals surface area contributed by atoms with Crippen molar-refractivity contribution >= 4 is 5.82 Å². The molecule has 1 aromatic heterocycles. The minimum Gasteiger partial charge on any atom is -0.371 e. The van der Waals surface area contributed by atoms with Crippen molar-refractivity contribution in [3.05, 3.63) is 28.0 Å². The summed E-state index contributed by atoms with van der Waals surface area (Å²) in [6.07, 6.45) is 3.00. The van der Waals surface area contributed by atoms with Crippen LogP contribution in [0.5, 0.6) is 0 Å². The molecule has 2 heterocycles. The second-order valence-corrected chi connectivity index (χ2v) is 3.87. The van der Waals surface area contributed by atoms with Crippen LogP contribution < -0.4 is 16.6 Å². The van der Waals surface area contributed by atoms with E-state index in [-0.39, 0.29) is 5.56 Å². The topological polar surface area (TPSA) is 60.1 Å². The van der Waals surface area contributed by atoms with Gasteiger partial charge in [0.2, 0.25) is 0 Å². The maximum absolute atomic E-state index is 11.7. The first kappa shape index (κ1) is 10.2. The van der Waals surface area contributed by atoms with Crippen LogP contribution in [-0.2, 0) is 13.0 Å². The number of hydrogen-bond donors (Lipinski definition) is 2. The highest BCUT2D eigenvalue weighted by molar-refractivity contribution is 5.45. The van der Waals surface area contributed by atoms with E-state index < -0.39 is 0 Å². The predicted octanol–water partition coefficient (Wildman–Crippen LogP) is 0.555. The van der Waals surface area contributed by atoms with Crippen LogP contribution in [0.25, 0.3) is 0 Å². The van der Waals surface area contributed by atoms with Crippen molar-refractivity contribution in [2.24, 2.45) is 5.73 Å². The van der Waals surface area contributed by atoms with E-state index >= 15 is 0 Å². The SMILES string of the molecule is NCCc1ccc(=O)n2c1NCCCC2. The standard InChI is InChI=1S/C11H17N3O/c12-6-5-9-3-4-10(15)14-8-2-1-7-13-11(9)14/h3-4,13H,1-2,5-8,12H2. The number of nitrogens with zero attached hydrogens (tertiary/aromatic N) is 1. The van der Waals surface area contributed by atoms with E-state index in [2.05, 4.69) is 5.32 Å². The van der Waals surface area contributed by atoms with E-state index in [1.54, 1.807) is 6.07 Å². The van der Waals surface area contributed by atoms with E-state index in [4.69, 9.17) is 5.73 Å². The van der Waals surface area contributed by atoms with Crippen molar-refractivity contribution in [3.63, 3.8) is 0 Å². The fraction of sp³-hybridized carbons (Fsp3) is 0.545. The van der Waals surface area contributed by atoms with Crippen LogP contribution in [0.1, 0.15) is 18.4 Å². The van der Waals surface area contributed by atoms with E-state index in [9.17, 15) is 4.79 Å². The summed E-state index contributed by atoms with van der Waals surface area (Å²) in [6.45, 7) is 2.38. The third-order valence-corrected chi connectivity index (χ3v) is 2.78. The Bertz CT molecular complexity index is 397.